The fourth-order valence-corrected chi connectivity index (χ4v) is 3.99. The number of alkyl halides is 3. The van der Waals surface area contributed by atoms with Crippen LogP contribution in [0.15, 0.2) is 12.1 Å². The SMILES string of the molecule is COc1cc(C)c(C(=O)NC23CCC(C(F)(F)F)(C2)C3)c(F)c1. The number of ether oxygens (including phenoxy) is 1. The summed E-state index contributed by atoms with van der Waals surface area (Å²) in [4.78, 5) is 12.4. The molecule has 1 aromatic rings. The molecule has 0 heterocycles. The molecule has 3 saturated carbocycles. The van der Waals surface area contributed by atoms with Gasteiger partial charge < -0.3 is 10.1 Å². The maximum absolute atomic E-state index is 14.1. The Morgan fingerprint density at radius 3 is 2.39 bits per heavy atom. The van der Waals surface area contributed by atoms with Gasteiger partial charge in [0.1, 0.15) is 11.6 Å². The fraction of sp³-hybridized carbons (Fsp3) is 0.562. The molecule has 4 rings (SSSR count). The molecule has 23 heavy (non-hydrogen) atoms. The number of halogens is 4. The van der Waals surface area contributed by atoms with Crippen molar-refractivity contribution in [2.75, 3.05) is 7.11 Å². The minimum Gasteiger partial charge on any atom is -0.497 e. The number of benzene rings is 1. The Labute approximate surface area is 131 Å². The summed E-state index contributed by atoms with van der Waals surface area (Å²) in [6.45, 7) is 1.56. The molecule has 1 N–H and O–H groups in total. The Kier molecular flexibility index (Phi) is 3.39. The van der Waals surface area contributed by atoms with Crippen LogP contribution in [0.4, 0.5) is 17.6 Å². The van der Waals surface area contributed by atoms with E-state index in [2.05, 4.69) is 5.32 Å². The van der Waals surface area contributed by atoms with Gasteiger partial charge in [-0.05, 0) is 44.2 Å². The molecule has 2 bridgehead atoms. The van der Waals surface area contributed by atoms with Crippen molar-refractivity contribution in [2.24, 2.45) is 5.41 Å². The molecule has 0 spiro atoms. The lowest BCUT2D eigenvalue weighted by atomic mass is 9.64. The Morgan fingerprint density at radius 1 is 1.26 bits per heavy atom. The summed E-state index contributed by atoms with van der Waals surface area (Å²) < 4.78 is 58.1. The number of rotatable bonds is 3. The van der Waals surface area contributed by atoms with E-state index in [9.17, 15) is 22.4 Å². The highest BCUT2D eigenvalue weighted by Crippen LogP contribution is 2.67. The average molecular weight is 331 g/mol. The van der Waals surface area contributed by atoms with Crippen LogP contribution in [0.5, 0.6) is 5.75 Å². The number of carbonyl (C=O) groups is 1. The zero-order valence-corrected chi connectivity index (χ0v) is 12.8. The van der Waals surface area contributed by atoms with Gasteiger partial charge in [-0.25, -0.2) is 4.39 Å². The Hall–Kier alpha value is -1.79. The number of carbonyl (C=O) groups excluding carboxylic acids is 1. The van der Waals surface area contributed by atoms with Crippen LogP contribution in [0, 0.1) is 18.2 Å². The van der Waals surface area contributed by atoms with Crippen LogP contribution in [0.3, 0.4) is 0 Å². The molecule has 0 aromatic heterocycles. The second-order valence-electron chi connectivity index (χ2n) is 6.67. The number of hydrogen-bond acceptors (Lipinski definition) is 2. The van der Waals surface area contributed by atoms with Crippen molar-refractivity contribution in [3.05, 3.63) is 29.1 Å². The second-order valence-corrected chi connectivity index (χ2v) is 6.67. The van der Waals surface area contributed by atoms with E-state index in [1.165, 1.54) is 13.2 Å². The van der Waals surface area contributed by atoms with Gasteiger partial charge in [0.15, 0.2) is 0 Å². The highest BCUT2D eigenvalue weighted by Gasteiger charge is 2.72. The van der Waals surface area contributed by atoms with Crippen molar-refractivity contribution >= 4 is 5.91 Å². The molecule has 3 nitrogen and oxygen atoms in total. The predicted octanol–water partition coefficient (Wildman–Crippen LogP) is 3.75. The van der Waals surface area contributed by atoms with Crippen LogP contribution in [0.25, 0.3) is 0 Å². The van der Waals surface area contributed by atoms with Crippen molar-refractivity contribution in [1.82, 2.24) is 5.32 Å². The van der Waals surface area contributed by atoms with Gasteiger partial charge in [0, 0.05) is 11.6 Å². The van der Waals surface area contributed by atoms with Crippen molar-refractivity contribution in [1.29, 1.82) is 0 Å². The summed E-state index contributed by atoms with van der Waals surface area (Å²) in [6, 6.07) is 2.61. The normalized spacial score (nSPS) is 29.1. The molecule has 3 aliphatic carbocycles. The van der Waals surface area contributed by atoms with Crippen LogP contribution < -0.4 is 10.1 Å². The third-order valence-corrected chi connectivity index (χ3v) is 5.14. The number of aryl methyl sites for hydroxylation is 1. The highest BCUT2D eigenvalue weighted by molar-refractivity contribution is 5.96. The van der Waals surface area contributed by atoms with E-state index in [4.69, 9.17) is 4.74 Å². The van der Waals surface area contributed by atoms with Crippen LogP contribution in [-0.4, -0.2) is 24.7 Å². The quantitative estimate of drug-likeness (QED) is 0.857. The molecule has 0 aliphatic heterocycles. The summed E-state index contributed by atoms with van der Waals surface area (Å²) in [5, 5.41) is 2.63. The van der Waals surface area contributed by atoms with Gasteiger partial charge in [0.2, 0.25) is 0 Å². The van der Waals surface area contributed by atoms with Crippen LogP contribution in [0.2, 0.25) is 0 Å². The first-order chi connectivity index (χ1) is 10.6. The van der Waals surface area contributed by atoms with E-state index in [1.807, 2.05) is 0 Å². The lowest BCUT2D eigenvalue weighted by Crippen LogP contribution is -2.59. The van der Waals surface area contributed by atoms with Crippen molar-refractivity contribution in [3.63, 3.8) is 0 Å². The first-order valence-electron chi connectivity index (χ1n) is 7.35. The first kappa shape index (κ1) is 16.1. The second kappa shape index (κ2) is 4.85. The molecule has 0 unspecified atom stereocenters. The van der Waals surface area contributed by atoms with E-state index in [-0.39, 0.29) is 37.0 Å². The monoisotopic (exact) mass is 331 g/mol. The van der Waals surface area contributed by atoms with E-state index in [0.29, 0.717) is 5.56 Å². The van der Waals surface area contributed by atoms with Crippen LogP contribution in [0.1, 0.15) is 41.6 Å². The topological polar surface area (TPSA) is 38.3 Å². The number of methoxy groups -OCH3 is 1. The molecule has 126 valence electrons. The van der Waals surface area contributed by atoms with E-state index in [1.54, 1.807) is 6.92 Å². The van der Waals surface area contributed by atoms with Gasteiger partial charge in [0.05, 0.1) is 18.1 Å². The smallest absolute Gasteiger partial charge is 0.394 e. The lowest BCUT2D eigenvalue weighted by Gasteiger charge is -2.48. The molecule has 0 radical (unpaired) electrons. The minimum absolute atomic E-state index is 0.0147. The Balaban J connectivity index is 1.78. The highest BCUT2D eigenvalue weighted by atomic mass is 19.4. The number of amides is 1. The fourth-order valence-electron chi connectivity index (χ4n) is 3.99. The zero-order valence-electron chi connectivity index (χ0n) is 12.8. The summed E-state index contributed by atoms with van der Waals surface area (Å²) in [5.41, 5.74) is -2.29. The van der Waals surface area contributed by atoms with E-state index >= 15 is 0 Å². The number of nitrogens with one attached hydrogen (secondary N) is 1. The predicted molar refractivity (Wildman–Crippen MR) is 74.8 cm³/mol. The molecular formula is C16H17F4NO2. The van der Waals surface area contributed by atoms with Crippen molar-refractivity contribution < 1.29 is 27.1 Å². The van der Waals surface area contributed by atoms with Crippen LogP contribution in [-0.2, 0) is 0 Å². The Bertz CT molecular complexity index is 640. The third-order valence-electron chi connectivity index (χ3n) is 5.14. The molecule has 0 atom stereocenters. The Morgan fingerprint density at radius 2 is 1.91 bits per heavy atom. The molecular weight excluding hydrogens is 314 g/mol. The van der Waals surface area contributed by atoms with Gasteiger partial charge in [-0.2, -0.15) is 13.2 Å². The summed E-state index contributed by atoms with van der Waals surface area (Å²) in [7, 11) is 1.39. The van der Waals surface area contributed by atoms with Gasteiger partial charge in [-0.3, -0.25) is 4.79 Å². The number of fused-ring (bicyclic) bond motifs is 1. The van der Waals surface area contributed by atoms with Crippen LogP contribution >= 0.6 is 0 Å². The largest absolute Gasteiger partial charge is 0.497 e. The van der Waals surface area contributed by atoms with E-state index in [0.717, 1.165) is 6.07 Å². The lowest BCUT2D eigenvalue weighted by molar-refractivity contribution is -0.248. The van der Waals surface area contributed by atoms with Gasteiger partial charge in [-0.1, -0.05) is 0 Å². The molecule has 1 amide bonds. The molecule has 3 aliphatic rings. The van der Waals surface area contributed by atoms with Crippen molar-refractivity contribution in [2.45, 2.75) is 44.3 Å². The third kappa shape index (κ3) is 2.37. The standard InChI is InChI=1S/C16H17F4NO2/c1-9-5-10(23-2)6-11(17)12(9)13(22)21-15-4-3-14(7-15,8-15)16(18,19)20/h5-6H,3-4,7-8H2,1-2H3,(H,21,22). The van der Waals surface area contributed by atoms with Crippen molar-refractivity contribution in [3.8, 4) is 5.75 Å². The summed E-state index contributed by atoms with van der Waals surface area (Å²) in [5.74, 6) is -1.12. The molecule has 0 saturated heterocycles. The first-order valence-corrected chi connectivity index (χ1v) is 7.35. The van der Waals surface area contributed by atoms with Gasteiger partial charge >= 0.3 is 6.18 Å². The summed E-state index contributed by atoms with van der Waals surface area (Å²) in [6.07, 6.45) is -4.20. The zero-order chi connectivity index (χ0) is 17.0. The van der Waals surface area contributed by atoms with Gasteiger partial charge in [0.25, 0.3) is 5.91 Å². The number of hydrogen-bond donors (Lipinski definition) is 1. The molecule has 3 fully saturated rings. The van der Waals surface area contributed by atoms with E-state index < -0.39 is 28.9 Å². The maximum Gasteiger partial charge on any atom is 0.394 e. The average Bonchev–Trinajstić information content (AvgIpc) is 2.93. The summed E-state index contributed by atoms with van der Waals surface area (Å²) >= 11 is 0. The molecule has 1 aromatic carbocycles. The molecule has 7 heteroatoms. The van der Waals surface area contributed by atoms with Gasteiger partial charge in [-0.15, -0.1) is 0 Å². The maximum atomic E-state index is 14.1. The minimum atomic E-state index is -4.25.